The second-order valence-corrected chi connectivity index (χ2v) is 3.38. The van der Waals surface area contributed by atoms with Gasteiger partial charge in [0.2, 0.25) is 0 Å². The maximum atomic E-state index is 12.7. The van der Waals surface area contributed by atoms with Crippen LogP contribution in [0.25, 0.3) is 0 Å². The van der Waals surface area contributed by atoms with Crippen molar-refractivity contribution in [2.24, 2.45) is 0 Å². The van der Waals surface area contributed by atoms with E-state index in [9.17, 15) is 4.39 Å². The van der Waals surface area contributed by atoms with Crippen molar-refractivity contribution < 1.29 is 4.39 Å². The van der Waals surface area contributed by atoms with Gasteiger partial charge in [0, 0.05) is 9.13 Å². The second kappa shape index (κ2) is 3.53. The van der Waals surface area contributed by atoms with Crippen LogP contribution in [-0.4, -0.2) is 0 Å². The van der Waals surface area contributed by atoms with Crippen molar-refractivity contribution in [1.29, 1.82) is 0 Å². The second-order valence-electron chi connectivity index (χ2n) is 1.87. The van der Waals surface area contributed by atoms with Crippen LogP contribution in [0.5, 0.6) is 0 Å². The fraction of sp³-hybridized carbons (Fsp3) is 0.143. The van der Waals surface area contributed by atoms with Gasteiger partial charge in [-0.3, -0.25) is 0 Å². The molecule has 0 unspecified atom stereocenters. The summed E-state index contributed by atoms with van der Waals surface area (Å²) in [6, 6.07) is 4.88. The number of alkyl halides is 1. The average molecular weight is 270 g/mol. The molecular weight excluding hydrogens is 265 g/mol. The Hall–Kier alpha value is 0.170. The largest absolute Gasteiger partial charge is 0.207 e. The van der Waals surface area contributed by atoms with Crippen LogP contribution < -0.4 is 0 Å². The molecule has 1 aromatic rings. The van der Waals surface area contributed by atoms with Crippen LogP contribution in [0.3, 0.4) is 0 Å². The molecule has 0 aliphatic carbocycles. The van der Waals surface area contributed by atoms with Gasteiger partial charge in [-0.05, 0) is 40.8 Å². The molecule has 0 amide bonds. The zero-order chi connectivity index (χ0) is 7.56. The fourth-order valence-corrected chi connectivity index (χ4v) is 1.41. The first-order chi connectivity index (χ1) is 4.74. The Balaban J connectivity index is 3.09. The maximum Gasteiger partial charge on any atom is 0.127 e. The third-order valence-corrected chi connectivity index (χ3v) is 2.11. The molecule has 0 aliphatic rings. The van der Waals surface area contributed by atoms with Crippen molar-refractivity contribution in [2.75, 3.05) is 0 Å². The van der Waals surface area contributed by atoms with E-state index in [1.165, 1.54) is 6.07 Å². The molecule has 0 fully saturated rings. The summed E-state index contributed by atoms with van der Waals surface area (Å²) in [4.78, 5) is 0. The lowest BCUT2D eigenvalue weighted by Crippen LogP contribution is -1.85. The molecule has 0 spiro atoms. The molecule has 0 nitrogen and oxygen atoms in total. The average Bonchev–Trinajstić information content (AvgIpc) is 1.94. The van der Waals surface area contributed by atoms with Gasteiger partial charge in [-0.15, -0.1) is 11.6 Å². The molecule has 10 heavy (non-hydrogen) atoms. The van der Waals surface area contributed by atoms with E-state index < -0.39 is 0 Å². The zero-order valence-electron chi connectivity index (χ0n) is 5.07. The number of halogens is 3. The standard InChI is InChI=1S/C7H5ClFI/c8-4-5-3-6(10)1-2-7(5)9/h1-3H,4H2. The highest BCUT2D eigenvalue weighted by Gasteiger charge is 1.99. The highest BCUT2D eigenvalue weighted by Crippen LogP contribution is 2.13. The van der Waals surface area contributed by atoms with Crippen LogP contribution in [0.4, 0.5) is 4.39 Å². The minimum Gasteiger partial charge on any atom is -0.207 e. The van der Waals surface area contributed by atoms with Gasteiger partial charge in [0.05, 0.1) is 5.88 Å². The Morgan fingerprint density at radius 3 is 2.70 bits per heavy atom. The Labute approximate surface area is 77.5 Å². The summed E-state index contributed by atoms with van der Waals surface area (Å²) < 4.78 is 13.7. The Kier molecular flexibility index (Phi) is 2.92. The fourth-order valence-electron chi connectivity index (χ4n) is 0.646. The monoisotopic (exact) mass is 270 g/mol. The summed E-state index contributed by atoms with van der Waals surface area (Å²) in [5.74, 6) is 0.0123. The molecule has 0 bridgehead atoms. The normalized spacial score (nSPS) is 9.90. The maximum absolute atomic E-state index is 12.7. The number of benzene rings is 1. The van der Waals surface area contributed by atoms with Crippen LogP contribution in [0.15, 0.2) is 18.2 Å². The van der Waals surface area contributed by atoms with Crippen molar-refractivity contribution in [3.63, 3.8) is 0 Å². The first-order valence-electron chi connectivity index (χ1n) is 2.74. The highest BCUT2D eigenvalue weighted by atomic mass is 127. The van der Waals surface area contributed by atoms with Gasteiger partial charge in [-0.25, -0.2) is 4.39 Å². The first kappa shape index (κ1) is 8.27. The Morgan fingerprint density at radius 2 is 2.20 bits per heavy atom. The van der Waals surface area contributed by atoms with Gasteiger partial charge < -0.3 is 0 Å². The summed E-state index contributed by atoms with van der Waals surface area (Å²) in [6.07, 6.45) is 0. The van der Waals surface area contributed by atoms with Gasteiger partial charge in [0.25, 0.3) is 0 Å². The van der Waals surface area contributed by atoms with Gasteiger partial charge in [-0.1, -0.05) is 0 Å². The van der Waals surface area contributed by atoms with Crippen molar-refractivity contribution in [3.8, 4) is 0 Å². The van der Waals surface area contributed by atoms with Crippen LogP contribution >= 0.6 is 34.2 Å². The quantitative estimate of drug-likeness (QED) is 0.543. The summed E-state index contributed by atoms with van der Waals surface area (Å²) in [5.41, 5.74) is 0.563. The predicted octanol–water partition coefficient (Wildman–Crippen LogP) is 3.17. The molecule has 1 rings (SSSR count). The van der Waals surface area contributed by atoms with Gasteiger partial charge >= 0.3 is 0 Å². The Bertz CT molecular complexity index is 237. The molecule has 0 atom stereocenters. The lowest BCUT2D eigenvalue weighted by Gasteiger charge is -1.97. The lowest BCUT2D eigenvalue weighted by molar-refractivity contribution is 0.616. The van der Waals surface area contributed by atoms with Crippen LogP contribution in [0, 0.1) is 9.39 Å². The van der Waals surface area contributed by atoms with Crippen molar-refractivity contribution in [3.05, 3.63) is 33.1 Å². The molecule has 0 aliphatic heterocycles. The van der Waals surface area contributed by atoms with Crippen molar-refractivity contribution >= 4 is 34.2 Å². The Morgan fingerprint density at radius 1 is 1.50 bits per heavy atom. The van der Waals surface area contributed by atoms with E-state index in [4.69, 9.17) is 11.6 Å². The van der Waals surface area contributed by atoms with Gasteiger partial charge in [0.15, 0.2) is 0 Å². The summed E-state index contributed by atoms with van der Waals surface area (Å²) >= 11 is 7.58. The van der Waals surface area contributed by atoms with E-state index in [0.29, 0.717) is 5.56 Å². The molecule has 0 saturated carbocycles. The summed E-state index contributed by atoms with van der Waals surface area (Å²) in [6.45, 7) is 0. The van der Waals surface area contributed by atoms with E-state index in [0.717, 1.165) is 3.57 Å². The van der Waals surface area contributed by atoms with Crippen LogP contribution in [0.1, 0.15) is 5.56 Å². The molecule has 0 radical (unpaired) electrons. The molecule has 1 aromatic carbocycles. The van der Waals surface area contributed by atoms with E-state index in [1.807, 2.05) is 0 Å². The number of rotatable bonds is 1. The van der Waals surface area contributed by atoms with E-state index in [2.05, 4.69) is 22.6 Å². The van der Waals surface area contributed by atoms with E-state index in [-0.39, 0.29) is 11.7 Å². The molecule has 3 heteroatoms. The van der Waals surface area contributed by atoms with Crippen molar-refractivity contribution in [1.82, 2.24) is 0 Å². The zero-order valence-corrected chi connectivity index (χ0v) is 7.99. The predicted molar refractivity (Wildman–Crippen MR) is 48.7 cm³/mol. The molecule has 0 N–H and O–H groups in total. The number of hydrogen-bond donors (Lipinski definition) is 0. The van der Waals surface area contributed by atoms with E-state index >= 15 is 0 Å². The smallest absolute Gasteiger partial charge is 0.127 e. The molecule has 54 valence electrons. The van der Waals surface area contributed by atoms with Gasteiger partial charge in [0.1, 0.15) is 5.82 Å². The third kappa shape index (κ3) is 1.83. The lowest BCUT2D eigenvalue weighted by atomic mass is 10.2. The minimum absolute atomic E-state index is 0.226. The van der Waals surface area contributed by atoms with E-state index in [1.54, 1.807) is 12.1 Å². The topological polar surface area (TPSA) is 0 Å². The third-order valence-electron chi connectivity index (χ3n) is 1.15. The van der Waals surface area contributed by atoms with Crippen LogP contribution in [-0.2, 0) is 5.88 Å². The first-order valence-corrected chi connectivity index (χ1v) is 4.35. The molecule has 0 saturated heterocycles. The molecular formula is C7H5ClFI. The number of hydrogen-bond acceptors (Lipinski definition) is 0. The van der Waals surface area contributed by atoms with Gasteiger partial charge in [-0.2, -0.15) is 0 Å². The highest BCUT2D eigenvalue weighted by molar-refractivity contribution is 14.1. The van der Waals surface area contributed by atoms with Crippen LogP contribution in [0.2, 0.25) is 0 Å². The summed E-state index contributed by atoms with van der Waals surface area (Å²) in [5, 5.41) is 0. The summed E-state index contributed by atoms with van der Waals surface area (Å²) in [7, 11) is 0. The SMILES string of the molecule is Fc1ccc(I)cc1CCl. The minimum atomic E-state index is -0.226. The molecule has 0 heterocycles. The van der Waals surface area contributed by atoms with Crippen molar-refractivity contribution in [2.45, 2.75) is 5.88 Å². The molecule has 0 aromatic heterocycles.